The van der Waals surface area contributed by atoms with Crippen molar-refractivity contribution in [3.8, 4) is 0 Å². The smallest absolute Gasteiger partial charge is 0.220 e. The van der Waals surface area contributed by atoms with E-state index in [4.69, 9.17) is 28.4 Å². The molecule has 3 saturated heterocycles. The van der Waals surface area contributed by atoms with E-state index in [0.29, 0.717) is 12.8 Å². The van der Waals surface area contributed by atoms with Crippen molar-refractivity contribution >= 4 is 5.91 Å². The van der Waals surface area contributed by atoms with E-state index in [1.165, 1.54) is 116 Å². The van der Waals surface area contributed by atoms with E-state index < -0.39 is 124 Å². The van der Waals surface area contributed by atoms with Crippen LogP contribution in [0.3, 0.4) is 0 Å². The minimum absolute atomic E-state index is 0.220. The molecule has 3 aliphatic heterocycles. The Morgan fingerprint density at radius 1 is 0.427 bits per heavy atom. The normalized spacial score (nSPS) is 29.9. The molecule has 0 aliphatic carbocycles. The fourth-order valence-corrected chi connectivity index (χ4v) is 10.6. The van der Waals surface area contributed by atoms with Crippen molar-refractivity contribution in [1.82, 2.24) is 5.32 Å². The Bertz CT molecular complexity index is 1680. The molecule has 12 N–H and O–H groups in total. The number of allylic oxidation sites excluding steroid dienone is 7. The number of unbranched alkanes of at least 4 members (excludes halogenated alkanes) is 25. The molecule has 19 nitrogen and oxygen atoms in total. The minimum Gasteiger partial charge on any atom is -0.394 e. The van der Waals surface area contributed by atoms with Crippen LogP contribution in [0, 0.1) is 0 Å². The van der Waals surface area contributed by atoms with Gasteiger partial charge in [0.15, 0.2) is 18.9 Å². The Hall–Kier alpha value is -2.25. The van der Waals surface area contributed by atoms with Gasteiger partial charge in [0.1, 0.15) is 73.2 Å². The van der Waals surface area contributed by atoms with E-state index in [1.54, 1.807) is 6.08 Å². The van der Waals surface area contributed by atoms with Crippen molar-refractivity contribution in [1.29, 1.82) is 0 Å². The molecule has 478 valence electrons. The highest BCUT2D eigenvalue weighted by Crippen LogP contribution is 2.33. The summed E-state index contributed by atoms with van der Waals surface area (Å²) < 4.78 is 34.2. The van der Waals surface area contributed by atoms with Crippen LogP contribution >= 0.6 is 0 Å². The number of amides is 1. The van der Waals surface area contributed by atoms with Crippen LogP contribution in [0.4, 0.5) is 0 Å². The number of hydrogen-bond acceptors (Lipinski definition) is 18. The third kappa shape index (κ3) is 29.0. The van der Waals surface area contributed by atoms with Gasteiger partial charge in [-0.3, -0.25) is 4.79 Å². The molecule has 17 atom stereocenters. The number of carbonyl (C=O) groups excluding carboxylic acids is 1. The second kappa shape index (κ2) is 46.0. The van der Waals surface area contributed by atoms with Gasteiger partial charge in [0.25, 0.3) is 0 Å². The van der Waals surface area contributed by atoms with Crippen molar-refractivity contribution in [2.75, 3.05) is 26.4 Å². The molecule has 0 aromatic heterocycles. The first-order valence-electron chi connectivity index (χ1n) is 31.9. The highest BCUT2D eigenvalue weighted by atomic mass is 16.8. The monoisotopic (exact) mass is 1170 g/mol. The van der Waals surface area contributed by atoms with Crippen LogP contribution in [-0.4, -0.2) is 193 Å². The van der Waals surface area contributed by atoms with Crippen LogP contribution in [0.2, 0.25) is 0 Å². The molecule has 3 fully saturated rings. The maximum absolute atomic E-state index is 13.3. The number of aliphatic hydroxyl groups is 11. The maximum Gasteiger partial charge on any atom is 0.220 e. The van der Waals surface area contributed by atoms with E-state index in [2.05, 4.69) is 55.6 Å². The van der Waals surface area contributed by atoms with Crippen LogP contribution in [0.15, 0.2) is 48.6 Å². The second-order valence-corrected chi connectivity index (χ2v) is 22.8. The number of aliphatic hydroxyl groups excluding tert-OH is 11. The summed E-state index contributed by atoms with van der Waals surface area (Å²) >= 11 is 0. The summed E-state index contributed by atoms with van der Waals surface area (Å²) in [5, 5.41) is 120. The summed E-state index contributed by atoms with van der Waals surface area (Å²) in [6.07, 6.45) is 25.5. The SMILES string of the molecule is CCCC/C=C\CCCCCCCC(=O)NC(COC1OC(CO)C(OC2OC(CO)C(OC3OC(CO)C(O)C(O)C3O)C(O)C2O)C(O)C1O)C(O)/C=C/CC/C=C/CC/C=C/CCCCCCCCCCCCCCCCCC. The van der Waals surface area contributed by atoms with Gasteiger partial charge in [-0.15, -0.1) is 0 Å². The lowest BCUT2D eigenvalue weighted by Crippen LogP contribution is -2.66. The highest BCUT2D eigenvalue weighted by Gasteiger charge is 2.53. The third-order valence-electron chi connectivity index (χ3n) is 15.8. The number of carbonyl (C=O) groups is 1. The molecule has 1 amide bonds. The predicted molar refractivity (Wildman–Crippen MR) is 314 cm³/mol. The Labute approximate surface area is 491 Å². The first-order valence-corrected chi connectivity index (χ1v) is 31.9. The van der Waals surface area contributed by atoms with Gasteiger partial charge < -0.3 is 89.9 Å². The van der Waals surface area contributed by atoms with E-state index in [9.17, 15) is 61.0 Å². The van der Waals surface area contributed by atoms with Crippen LogP contribution in [0.1, 0.15) is 213 Å². The minimum atomic E-state index is -1.98. The summed E-state index contributed by atoms with van der Waals surface area (Å²) in [5.41, 5.74) is 0. The zero-order chi connectivity index (χ0) is 59.7. The molecule has 0 saturated carbocycles. The zero-order valence-electron chi connectivity index (χ0n) is 50.0. The lowest BCUT2D eigenvalue weighted by atomic mass is 9.96. The summed E-state index contributed by atoms with van der Waals surface area (Å²) in [5.74, 6) is -0.302. The Morgan fingerprint density at radius 2 is 0.793 bits per heavy atom. The largest absolute Gasteiger partial charge is 0.394 e. The van der Waals surface area contributed by atoms with Crippen LogP contribution < -0.4 is 5.32 Å². The first kappa shape index (κ1) is 74.0. The number of nitrogens with one attached hydrogen (secondary N) is 1. The van der Waals surface area contributed by atoms with Crippen molar-refractivity contribution in [3.63, 3.8) is 0 Å². The van der Waals surface area contributed by atoms with Gasteiger partial charge in [-0.2, -0.15) is 0 Å². The number of rotatable bonds is 47. The average molecular weight is 1170 g/mol. The summed E-state index contributed by atoms with van der Waals surface area (Å²) in [6, 6.07) is -1.000. The van der Waals surface area contributed by atoms with Gasteiger partial charge in [-0.1, -0.05) is 191 Å². The van der Waals surface area contributed by atoms with Crippen molar-refractivity contribution in [2.45, 2.75) is 317 Å². The Morgan fingerprint density at radius 3 is 1.26 bits per heavy atom. The molecule has 0 spiro atoms. The van der Waals surface area contributed by atoms with Crippen LogP contribution in [0.5, 0.6) is 0 Å². The molecule has 17 unspecified atom stereocenters. The lowest BCUT2D eigenvalue weighted by Gasteiger charge is -2.48. The van der Waals surface area contributed by atoms with Crippen LogP contribution in [0.25, 0.3) is 0 Å². The van der Waals surface area contributed by atoms with E-state index in [-0.39, 0.29) is 18.9 Å². The molecular weight excluding hydrogens is 1060 g/mol. The molecule has 0 bridgehead atoms. The molecule has 19 heteroatoms. The van der Waals surface area contributed by atoms with Gasteiger partial charge in [-0.05, 0) is 64.2 Å². The van der Waals surface area contributed by atoms with Crippen molar-refractivity contribution in [2.24, 2.45) is 0 Å². The first-order chi connectivity index (χ1) is 39.8. The number of ether oxygens (including phenoxy) is 6. The van der Waals surface area contributed by atoms with E-state index >= 15 is 0 Å². The van der Waals surface area contributed by atoms with Gasteiger partial charge in [0, 0.05) is 6.42 Å². The lowest BCUT2D eigenvalue weighted by molar-refractivity contribution is -0.379. The average Bonchev–Trinajstić information content (AvgIpc) is 3.53. The summed E-state index contributed by atoms with van der Waals surface area (Å²) in [6.45, 7) is 1.64. The standard InChI is InChI=1S/C63H113NO18/c1-3-5-7-9-11-13-15-16-17-18-19-20-21-22-23-24-25-26-27-28-29-31-32-34-36-38-40-47(68)46(64-51(69)41-39-37-35-33-30-14-12-10-8-6-4-2)45-77-61-57(75)54(72)59(49(43-66)79-61)82-63-58(76)55(73)60(50(44-67)80-63)81-62-56(74)53(71)52(70)48(42-65)78-62/h10,12,26-27,31-32,38,40,46-50,52-63,65-68,70-76H,3-9,11,13-25,28-30,33-37,39,41-45H2,1-2H3,(H,64,69)/b12-10-,27-26+,32-31+,40-38+. The highest BCUT2D eigenvalue weighted by molar-refractivity contribution is 5.76. The molecule has 82 heavy (non-hydrogen) atoms. The summed E-state index contributed by atoms with van der Waals surface area (Å²) in [7, 11) is 0. The quantitative estimate of drug-likeness (QED) is 0.0224. The fraction of sp³-hybridized carbons (Fsp3) is 0.857. The molecule has 3 heterocycles. The molecule has 0 radical (unpaired) electrons. The van der Waals surface area contributed by atoms with Gasteiger partial charge in [0.05, 0.1) is 38.6 Å². The van der Waals surface area contributed by atoms with Crippen LogP contribution in [-0.2, 0) is 33.2 Å². The molecular formula is C63H113NO18. The molecule has 3 rings (SSSR count). The van der Waals surface area contributed by atoms with Crippen molar-refractivity contribution < 1.29 is 89.4 Å². The second-order valence-electron chi connectivity index (χ2n) is 22.8. The molecule has 0 aromatic carbocycles. The van der Waals surface area contributed by atoms with E-state index in [0.717, 1.165) is 64.2 Å². The Balaban J connectivity index is 1.46. The van der Waals surface area contributed by atoms with Crippen molar-refractivity contribution in [3.05, 3.63) is 48.6 Å². The third-order valence-corrected chi connectivity index (χ3v) is 15.8. The van der Waals surface area contributed by atoms with Gasteiger partial charge in [-0.25, -0.2) is 0 Å². The number of hydrogen-bond donors (Lipinski definition) is 12. The topological polar surface area (TPSA) is 307 Å². The van der Waals surface area contributed by atoms with Gasteiger partial charge >= 0.3 is 0 Å². The zero-order valence-corrected chi connectivity index (χ0v) is 50.0. The molecule has 0 aromatic rings. The maximum atomic E-state index is 13.3. The molecule has 3 aliphatic rings. The predicted octanol–water partition coefficient (Wildman–Crippen LogP) is 6.65. The summed E-state index contributed by atoms with van der Waals surface area (Å²) in [4.78, 5) is 13.3. The van der Waals surface area contributed by atoms with E-state index in [1.807, 2.05) is 6.08 Å². The van der Waals surface area contributed by atoms with Gasteiger partial charge in [0.2, 0.25) is 5.91 Å². The Kier molecular flexibility index (Phi) is 41.5. The fourth-order valence-electron chi connectivity index (χ4n) is 10.6.